The molecule has 5 heteroatoms. The van der Waals surface area contributed by atoms with Gasteiger partial charge in [-0.15, -0.1) is 0 Å². The molecule has 1 aliphatic heterocycles. The SMILES string of the molecule is Cc1ccccc1[C@@H](C)NC(=O)[C@H]1CC(=O)N(c2ccccc2Br)C1. The van der Waals surface area contributed by atoms with Crippen LogP contribution in [0.15, 0.2) is 53.0 Å². The summed E-state index contributed by atoms with van der Waals surface area (Å²) in [7, 11) is 0. The van der Waals surface area contributed by atoms with E-state index < -0.39 is 0 Å². The van der Waals surface area contributed by atoms with E-state index in [1.54, 1.807) is 4.90 Å². The van der Waals surface area contributed by atoms with Crippen molar-refractivity contribution >= 4 is 33.4 Å². The van der Waals surface area contributed by atoms with Crippen molar-refractivity contribution in [3.63, 3.8) is 0 Å². The molecule has 0 bridgehead atoms. The van der Waals surface area contributed by atoms with Crippen LogP contribution in [0, 0.1) is 12.8 Å². The zero-order chi connectivity index (χ0) is 18.0. The van der Waals surface area contributed by atoms with Gasteiger partial charge in [-0.05, 0) is 53.0 Å². The monoisotopic (exact) mass is 400 g/mol. The summed E-state index contributed by atoms with van der Waals surface area (Å²) in [6.07, 6.45) is 0.244. The Kier molecular flexibility index (Phi) is 5.23. The first kappa shape index (κ1) is 17.7. The Morgan fingerprint density at radius 2 is 1.88 bits per heavy atom. The first-order valence-corrected chi connectivity index (χ1v) is 9.17. The number of hydrogen-bond acceptors (Lipinski definition) is 2. The molecule has 2 atom stereocenters. The first-order chi connectivity index (χ1) is 12.0. The number of carbonyl (C=O) groups is 2. The lowest BCUT2D eigenvalue weighted by Gasteiger charge is -2.20. The molecule has 2 aromatic rings. The number of nitrogens with one attached hydrogen (secondary N) is 1. The highest BCUT2D eigenvalue weighted by atomic mass is 79.9. The molecule has 0 aliphatic carbocycles. The Bertz CT molecular complexity index is 806. The molecule has 0 unspecified atom stereocenters. The number of anilines is 1. The predicted octanol–water partition coefficient (Wildman–Crippen LogP) is 3.99. The van der Waals surface area contributed by atoms with Crippen LogP contribution < -0.4 is 10.2 Å². The Morgan fingerprint density at radius 3 is 2.60 bits per heavy atom. The molecule has 0 saturated carbocycles. The molecule has 130 valence electrons. The van der Waals surface area contributed by atoms with E-state index in [2.05, 4.69) is 21.2 Å². The van der Waals surface area contributed by atoms with Crippen LogP contribution >= 0.6 is 15.9 Å². The Balaban J connectivity index is 1.69. The highest BCUT2D eigenvalue weighted by Gasteiger charge is 2.36. The Hall–Kier alpha value is -2.14. The number of amides is 2. The van der Waals surface area contributed by atoms with Gasteiger partial charge in [0.2, 0.25) is 11.8 Å². The topological polar surface area (TPSA) is 49.4 Å². The van der Waals surface area contributed by atoms with Crippen LogP contribution in [0.5, 0.6) is 0 Å². The van der Waals surface area contributed by atoms with Crippen molar-refractivity contribution in [2.45, 2.75) is 26.3 Å². The quantitative estimate of drug-likeness (QED) is 0.843. The normalized spacial score (nSPS) is 18.3. The summed E-state index contributed by atoms with van der Waals surface area (Å²) >= 11 is 3.48. The number of rotatable bonds is 4. The van der Waals surface area contributed by atoms with Crippen LogP contribution in [0.1, 0.15) is 30.5 Å². The van der Waals surface area contributed by atoms with E-state index in [0.717, 1.165) is 21.3 Å². The van der Waals surface area contributed by atoms with Gasteiger partial charge in [0.15, 0.2) is 0 Å². The van der Waals surface area contributed by atoms with E-state index in [9.17, 15) is 9.59 Å². The number of halogens is 1. The number of benzene rings is 2. The number of aryl methyl sites for hydroxylation is 1. The molecule has 0 aromatic heterocycles. The molecule has 4 nitrogen and oxygen atoms in total. The van der Waals surface area contributed by atoms with Crippen LogP contribution in [0.4, 0.5) is 5.69 Å². The maximum atomic E-state index is 12.6. The van der Waals surface area contributed by atoms with E-state index in [0.29, 0.717) is 6.54 Å². The standard InChI is InChI=1S/C20H21BrN2O2/c1-13-7-3-4-8-16(13)14(2)22-20(25)15-11-19(24)23(12-15)18-10-6-5-9-17(18)21/h3-10,14-15H,11-12H2,1-2H3,(H,22,25)/t14-,15+/m1/s1. The highest BCUT2D eigenvalue weighted by molar-refractivity contribution is 9.10. The van der Waals surface area contributed by atoms with Gasteiger partial charge in [0.1, 0.15) is 0 Å². The third kappa shape index (κ3) is 3.76. The summed E-state index contributed by atoms with van der Waals surface area (Å²) in [6, 6.07) is 15.5. The van der Waals surface area contributed by atoms with Crippen LogP contribution in [-0.4, -0.2) is 18.4 Å². The van der Waals surface area contributed by atoms with Crippen molar-refractivity contribution in [3.8, 4) is 0 Å². The molecular weight excluding hydrogens is 380 g/mol. The molecule has 1 fully saturated rings. The summed E-state index contributed by atoms with van der Waals surface area (Å²) in [5.41, 5.74) is 3.06. The van der Waals surface area contributed by atoms with Gasteiger partial charge in [-0.2, -0.15) is 0 Å². The number of hydrogen-bond donors (Lipinski definition) is 1. The Morgan fingerprint density at radius 1 is 1.20 bits per heavy atom. The molecule has 3 rings (SSSR count). The van der Waals surface area contributed by atoms with Gasteiger partial charge in [-0.25, -0.2) is 0 Å². The summed E-state index contributed by atoms with van der Waals surface area (Å²) < 4.78 is 0.859. The molecule has 0 spiro atoms. The second-order valence-electron chi connectivity index (χ2n) is 6.44. The van der Waals surface area contributed by atoms with E-state index in [1.165, 1.54) is 0 Å². The maximum absolute atomic E-state index is 12.6. The average Bonchev–Trinajstić information content (AvgIpc) is 2.97. The second-order valence-corrected chi connectivity index (χ2v) is 7.30. The molecule has 2 amide bonds. The van der Waals surface area contributed by atoms with Crippen molar-refractivity contribution in [3.05, 3.63) is 64.1 Å². The van der Waals surface area contributed by atoms with Crippen molar-refractivity contribution in [1.82, 2.24) is 5.32 Å². The number of carbonyl (C=O) groups excluding carboxylic acids is 2. The van der Waals surface area contributed by atoms with E-state index in [1.807, 2.05) is 62.4 Å². The minimum atomic E-state index is -0.328. The van der Waals surface area contributed by atoms with Crippen LogP contribution in [-0.2, 0) is 9.59 Å². The summed E-state index contributed by atoms with van der Waals surface area (Å²) in [5.74, 6) is -0.416. The van der Waals surface area contributed by atoms with E-state index in [-0.39, 0.29) is 30.2 Å². The molecule has 25 heavy (non-hydrogen) atoms. The zero-order valence-electron chi connectivity index (χ0n) is 14.3. The van der Waals surface area contributed by atoms with Crippen molar-refractivity contribution < 1.29 is 9.59 Å². The van der Waals surface area contributed by atoms with Crippen LogP contribution in [0.2, 0.25) is 0 Å². The average molecular weight is 401 g/mol. The first-order valence-electron chi connectivity index (χ1n) is 8.38. The van der Waals surface area contributed by atoms with Crippen LogP contribution in [0.3, 0.4) is 0 Å². The minimum absolute atomic E-state index is 0.0180. The third-order valence-electron chi connectivity index (χ3n) is 4.65. The fourth-order valence-electron chi connectivity index (χ4n) is 3.27. The largest absolute Gasteiger partial charge is 0.349 e. The van der Waals surface area contributed by atoms with Gasteiger partial charge in [0, 0.05) is 17.4 Å². The summed E-state index contributed by atoms with van der Waals surface area (Å²) in [5, 5.41) is 3.06. The van der Waals surface area contributed by atoms with Crippen molar-refractivity contribution in [2.75, 3.05) is 11.4 Å². The van der Waals surface area contributed by atoms with Gasteiger partial charge < -0.3 is 10.2 Å². The maximum Gasteiger partial charge on any atom is 0.227 e. The molecule has 1 saturated heterocycles. The van der Waals surface area contributed by atoms with Crippen molar-refractivity contribution in [2.24, 2.45) is 5.92 Å². The smallest absolute Gasteiger partial charge is 0.227 e. The van der Waals surface area contributed by atoms with Crippen LogP contribution in [0.25, 0.3) is 0 Å². The van der Waals surface area contributed by atoms with Crippen molar-refractivity contribution in [1.29, 1.82) is 0 Å². The Labute approximate surface area is 156 Å². The molecule has 1 aliphatic rings. The molecule has 2 aromatic carbocycles. The van der Waals surface area contributed by atoms with E-state index >= 15 is 0 Å². The second kappa shape index (κ2) is 7.40. The molecular formula is C20H21BrN2O2. The van der Waals surface area contributed by atoms with Gasteiger partial charge in [0.25, 0.3) is 0 Å². The molecule has 1 N–H and O–H groups in total. The molecule has 1 heterocycles. The van der Waals surface area contributed by atoms with E-state index in [4.69, 9.17) is 0 Å². The lowest BCUT2D eigenvalue weighted by Crippen LogP contribution is -2.34. The van der Waals surface area contributed by atoms with Gasteiger partial charge in [-0.3, -0.25) is 9.59 Å². The fraction of sp³-hybridized carbons (Fsp3) is 0.300. The summed E-state index contributed by atoms with van der Waals surface area (Å²) in [6.45, 7) is 4.42. The zero-order valence-corrected chi connectivity index (χ0v) is 15.9. The lowest BCUT2D eigenvalue weighted by atomic mass is 10.0. The van der Waals surface area contributed by atoms with Gasteiger partial charge in [-0.1, -0.05) is 36.4 Å². The highest BCUT2D eigenvalue weighted by Crippen LogP contribution is 2.31. The number of nitrogens with zero attached hydrogens (tertiary/aromatic N) is 1. The van der Waals surface area contributed by atoms with Gasteiger partial charge in [0.05, 0.1) is 17.6 Å². The predicted molar refractivity (Wildman–Crippen MR) is 102 cm³/mol. The summed E-state index contributed by atoms with van der Waals surface area (Å²) in [4.78, 5) is 26.7. The third-order valence-corrected chi connectivity index (χ3v) is 5.32. The molecule has 0 radical (unpaired) electrons. The fourth-order valence-corrected chi connectivity index (χ4v) is 3.77. The van der Waals surface area contributed by atoms with Gasteiger partial charge >= 0.3 is 0 Å². The number of para-hydroxylation sites is 1. The lowest BCUT2D eigenvalue weighted by molar-refractivity contribution is -0.126. The minimum Gasteiger partial charge on any atom is -0.349 e.